The number of carbonyl (C=O) groups is 3. The van der Waals surface area contributed by atoms with Gasteiger partial charge in [-0.1, -0.05) is 49.2 Å². The number of anilines is 1. The molecule has 230 valence electrons. The summed E-state index contributed by atoms with van der Waals surface area (Å²) in [4.78, 5) is 38.4. The van der Waals surface area contributed by atoms with Crippen LogP contribution in [-0.2, 0) is 29.3 Å². The van der Waals surface area contributed by atoms with Crippen molar-refractivity contribution in [2.75, 3.05) is 11.9 Å². The van der Waals surface area contributed by atoms with Crippen LogP contribution in [0, 0.1) is 12.8 Å². The minimum absolute atomic E-state index is 0.0470. The van der Waals surface area contributed by atoms with Gasteiger partial charge >= 0.3 is 5.97 Å². The fourth-order valence-corrected chi connectivity index (χ4v) is 5.96. The zero-order valence-corrected chi connectivity index (χ0v) is 25.3. The Morgan fingerprint density at radius 2 is 1.84 bits per heavy atom. The van der Waals surface area contributed by atoms with E-state index in [0.717, 1.165) is 47.1 Å². The summed E-state index contributed by atoms with van der Waals surface area (Å²) >= 11 is 1.57. The van der Waals surface area contributed by atoms with Gasteiger partial charge in [-0.3, -0.25) is 9.59 Å². The molecule has 0 bridgehead atoms. The maximum atomic E-state index is 13.5. The Kier molecular flexibility index (Phi) is 10.4. The largest absolute Gasteiger partial charge is 0.487 e. The van der Waals surface area contributed by atoms with Crippen molar-refractivity contribution in [2.45, 2.75) is 58.4 Å². The van der Waals surface area contributed by atoms with Gasteiger partial charge in [0.15, 0.2) is 5.69 Å². The molecule has 5 rings (SSSR count). The van der Waals surface area contributed by atoms with E-state index in [1.165, 1.54) is 6.07 Å². The zero-order chi connectivity index (χ0) is 30.9. The van der Waals surface area contributed by atoms with Crippen LogP contribution in [0.1, 0.15) is 63.4 Å². The first-order valence-corrected chi connectivity index (χ1v) is 15.6. The molecule has 1 fully saturated rings. The van der Waals surface area contributed by atoms with Crippen LogP contribution in [0.15, 0.2) is 71.4 Å². The molecule has 2 aromatic heterocycles. The van der Waals surface area contributed by atoms with Crippen molar-refractivity contribution in [2.24, 2.45) is 5.92 Å². The lowest BCUT2D eigenvalue weighted by atomic mass is 9.85. The van der Waals surface area contributed by atoms with Gasteiger partial charge in [0.1, 0.15) is 24.6 Å². The highest BCUT2D eigenvalue weighted by Gasteiger charge is 2.28. The van der Waals surface area contributed by atoms with Crippen LogP contribution in [0.5, 0.6) is 5.75 Å². The maximum absolute atomic E-state index is 13.5. The first-order chi connectivity index (χ1) is 21.4. The van der Waals surface area contributed by atoms with Gasteiger partial charge in [-0.2, -0.15) is 16.4 Å². The van der Waals surface area contributed by atoms with Gasteiger partial charge in [-0.15, -0.1) is 0 Å². The topological polar surface area (TPSA) is 132 Å². The molecule has 2 amide bonds. The average Bonchev–Trinajstić information content (AvgIpc) is 3.69. The summed E-state index contributed by atoms with van der Waals surface area (Å²) in [6, 6.07) is 18.4. The zero-order valence-electron chi connectivity index (χ0n) is 24.5. The SMILES string of the molecule is Cc1ccc(OCc2ccsc2)c(NC(=O)c2cc(C(=O)O)nn2CC(=O)N[C@H]2CCCC[C@@H]2COCc2ccccc2)c1. The van der Waals surface area contributed by atoms with E-state index < -0.39 is 11.9 Å². The van der Waals surface area contributed by atoms with E-state index in [2.05, 4.69) is 15.7 Å². The summed E-state index contributed by atoms with van der Waals surface area (Å²) in [5.41, 5.74) is 3.05. The number of aromatic carboxylic acids is 1. The molecular formula is C33H36N4O6S. The molecule has 3 N–H and O–H groups in total. The number of ether oxygens (including phenoxy) is 2. The van der Waals surface area contributed by atoms with Crippen LogP contribution in [0.4, 0.5) is 5.69 Å². The van der Waals surface area contributed by atoms with E-state index >= 15 is 0 Å². The summed E-state index contributed by atoms with van der Waals surface area (Å²) in [6.07, 6.45) is 3.81. The first kappa shape index (κ1) is 31.0. The van der Waals surface area contributed by atoms with Gasteiger partial charge in [-0.05, 0) is 65.4 Å². The number of hydrogen-bond donors (Lipinski definition) is 3. The minimum Gasteiger partial charge on any atom is -0.487 e. The molecule has 0 unspecified atom stereocenters. The number of rotatable bonds is 13. The van der Waals surface area contributed by atoms with Gasteiger partial charge in [0.2, 0.25) is 5.91 Å². The van der Waals surface area contributed by atoms with Crippen molar-refractivity contribution in [3.63, 3.8) is 0 Å². The van der Waals surface area contributed by atoms with Crippen molar-refractivity contribution in [3.05, 3.63) is 99.5 Å². The molecule has 2 aromatic carbocycles. The van der Waals surface area contributed by atoms with E-state index in [4.69, 9.17) is 9.47 Å². The molecule has 0 spiro atoms. The standard InChI is InChI=1S/C33H36N4O6S/c1-22-11-12-30(43-19-24-13-14-44-21-24)27(15-22)35-32(39)29-16-28(33(40)41)36-37(29)17-31(38)34-26-10-6-5-9-25(26)20-42-18-23-7-3-2-4-8-23/h2-4,7-8,11-16,21,25-26H,5-6,9-10,17-20H2,1H3,(H,34,38)(H,35,39)(H,40,41)/t25-,26+/m1/s1. The van der Waals surface area contributed by atoms with Crippen molar-refractivity contribution >= 4 is 34.8 Å². The average molecular weight is 617 g/mol. The molecule has 44 heavy (non-hydrogen) atoms. The number of hydrogen-bond acceptors (Lipinski definition) is 7. The molecule has 0 radical (unpaired) electrons. The summed E-state index contributed by atoms with van der Waals surface area (Å²) in [5.74, 6) is -1.63. The molecule has 0 aliphatic heterocycles. The second-order valence-electron chi connectivity index (χ2n) is 11.0. The fourth-order valence-electron chi connectivity index (χ4n) is 5.30. The minimum atomic E-state index is -1.29. The highest BCUT2D eigenvalue weighted by atomic mass is 32.1. The van der Waals surface area contributed by atoms with Crippen LogP contribution in [0.2, 0.25) is 0 Å². The number of carbonyl (C=O) groups excluding carboxylic acids is 2. The molecule has 0 saturated heterocycles. The van der Waals surface area contributed by atoms with Gasteiger partial charge in [-0.25, -0.2) is 9.48 Å². The number of amides is 2. The quantitative estimate of drug-likeness (QED) is 0.176. The van der Waals surface area contributed by atoms with E-state index in [9.17, 15) is 19.5 Å². The Balaban J connectivity index is 1.25. The summed E-state index contributed by atoms with van der Waals surface area (Å²) in [6.45, 7) is 2.94. The Morgan fingerprint density at radius 3 is 2.61 bits per heavy atom. The molecule has 1 aliphatic carbocycles. The summed E-state index contributed by atoms with van der Waals surface area (Å²) in [5, 5.41) is 23.5. The van der Waals surface area contributed by atoms with Crippen LogP contribution in [0.3, 0.4) is 0 Å². The van der Waals surface area contributed by atoms with Crippen LogP contribution >= 0.6 is 11.3 Å². The van der Waals surface area contributed by atoms with Crippen LogP contribution in [-0.4, -0.2) is 45.3 Å². The van der Waals surface area contributed by atoms with E-state index in [-0.39, 0.29) is 35.8 Å². The van der Waals surface area contributed by atoms with Gasteiger partial charge in [0, 0.05) is 18.0 Å². The third-order valence-electron chi connectivity index (χ3n) is 7.58. The van der Waals surface area contributed by atoms with E-state index in [1.54, 1.807) is 23.5 Å². The molecule has 4 aromatic rings. The lowest BCUT2D eigenvalue weighted by Crippen LogP contribution is -2.45. The van der Waals surface area contributed by atoms with Crippen molar-refractivity contribution in [1.82, 2.24) is 15.1 Å². The number of thiophene rings is 1. The Morgan fingerprint density at radius 1 is 1.02 bits per heavy atom. The smallest absolute Gasteiger partial charge is 0.356 e. The molecule has 1 aliphatic rings. The first-order valence-electron chi connectivity index (χ1n) is 14.6. The van der Waals surface area contributed by atoms with Gasteiger partial charge in [0.05, 0.1) is 18.9 Å². The third kappa shape index (κ3) is 8.33. The number of nitrogens with zero attached hydrogens (tertiary/aromatic N) is 2. The molecular weight excluding hydrogens is 580 g/mol. The molecule has 10 nitrogen and oxygen atoms in total. The number of benzene rings is 2. The predicted molar refractivity (Wildman–Crippen MR) is 167 cm³/mol. The number of aryl methyl sites for hydroxylation is 1. The van der Waals surface area contributed by atoms with Crippen LogP contribution < -0.4 is 15.4 Å². The lowest BCUT2D eigenvalue weighted by molar-refractivity contribution is -0.123. The lowest BCUT2D eigenvalue weighted by Gasteiger charge is -2.32. The number of carboxylic acids is 1. The Bertz CT molecular complexity index is 1570. The molecule has 2 heterocycles. The third-order valence-corrected chi connectivity index (χ3v) is 8.31. The highest BCUT2D eigenvalue weighted by Crippen LogP contribution is 2.28. The number of aromatic nitrogens is 2. The van der Waals surface area contributed by atoms with E-state index in [0.29, 0.717) is 31.3 Å². The molecule has 11 heteroatoms. The van der Waals surface area contributed by atoms with Crippen molar-refractivity contribution < 1.29 is 29.0 Å². The monoisotopic (exact) mass is 616 g/mol. The highest BCUT2D eigenvalue weighted by molar-refractivity contribution is 7.07. The fraction of sp³-hybridized carbons (Fsp3) is 0.333. The summed E-state index contributed by atoms with van der Waals surface area (Å²) in [7, 11) is 0. The maximum Gasteiger partial charge on any atom is 0.356 e. The predicted octanol–water partition coefficient (Wildman–Crippen LogP) is 5.67. The van der Waals surface area contributed by atoms with Crippen LogP contribution in [0.25, 0.3) is 0 Å². The normalized spacial score (nSPS) is 16.3. The molecule has 1 saturated carbocycles. The second kappa shape index (κ2) is 14.8. The van der Waals surface area contributed by atoms with Crippen molar-refractivity contribution in [1.29, 1.82) is 0 Å². The number of nitrogens with one attached hydrogen (secondary N) is 2. The second-order valence-corrected chi connectivity index (χ2v) is 11.8. The summed E-state index contributed by atoms with van der Waals surface area (Å²) < 4.78 is 13.1. The Labute approximate surface area is 260 Å². The van der Waals surface area contributed by atoms with Gasteiger partial charge < -0.3 is 25.2 Å². The van der Waals surface area contributed by atoms with Gasteiger partial charge in [0.25, 0.3) is 5.91 Å². The molecule has 2 atom stereocenters. The Hall–Kier alpha value is -4.48. The number of carboxylic acid groups (broad SMARTS) is 1. The van der Waals surface area contributed by atoms with E-state index in [1.807, 2.05) is 60.1 Å². The van der Waals surface area contributed by atoms with Crippen molar-refractivity contribution in [3.8, 4) is 5.75 Å².